The Morgan fingerprint density at radius 2 is 2.06 bits per heavy atom. The highest BCUT2D eigenvalue weighted by Gasteiger charge is 2.27. The Bertz CT molecular complexity index is 412. The van der Waals surface area contributed by atoms with Gasteiger partial charge in [0.25, 0.3) is 0 Å². The molecule has 2 rings (SSSR count). The SMILES string of the molecule is CCc1cccc(C2(CC)C=CC=CC2)c1. The quantitative estimate of drug-likeness (QED) is 0.696. The number of allylic oxidation sites excluding steroid dienone is 4. The molecule has 1 atom stereocenters. The van der Waals surface area contributed by atoms with Crippen molar-refractivity contribution < 1.29 is 0 Å². The second-order valence-corrected chi connectivity index (χ2v) is 4.56. The summed E-state index contributed by atoms with van der Waals surface area (Å²) in [5.41, 5.74) is 3.14. The van der Waals surface area contributed by atoms with Crippen molar-refractivity contribution in [1.82, 2.24) is 0 Å². The van der Waals surface area contributed by atoms with Crippen LogP contribution in [0, 0.1) is 0 Å². The predicted molar refractivity (Wildman–Crippen MR) is 70.7 cm³/mol. The molecule has 1 aromatic carbocycles. The van der Waals surface area contributed by atoms with E-state index in [0.29, 0.717) is 0 Å². The highest BCUT2D eigenvalue weighted by Crippen LogP contribution is 2.36. The largest absolute Gasteiger partial charge is 0.0833 e. The van der Waals surface area contributed by atoms with Gasteiger partial charge in [-0.05, 0) is 30.4 Å². The minimum atomic E-state index is 0.236. The second-order valence-electron chi connectivity index (χ2n) is 4.56. The van der Waals surface area contributed by atoms with Crippen LogP contribution in [0.15, 0.2) is 48.6 Å². The Labute approximate surface area is 98.7 Å². The lowest BCUT2D eigenvalue weighted by molar-refractivity contribution is 0.518. The number of hydrogen-bond donors (Lipinski definition) is 0. The van der Waals surface area contributed by atoms with Gasteiger partial charge in [0.1, 0.15) is 0 Å². The summed E-state index contributed by atoms with van der Waals surface area (Å²) in [6.45, 7) is 4.50. The minimum absolute atomic E-state index is 0.236. The van der Waals surface area contributed by atoms with Gasteiger partial charge in [-0.2, -0.15) is 0 Å². The van der Waals surface area contributed by atoms with Gasteiger partial charge in [-0.15, -0.1) is 0 Å². The third kappa shape index (κ3) is 1.97. The lowest BCUT2D eigenvalue weighted by atomic mass is 9.73. The molecule has 0 spiro atoms. The van der Waals surface area contributed by atoms with E-state index >= 15 is 0 Å². The third-order valence-corrected chi connectivity index (χ3v) is 3.69. The fourth-order valence-corrected chi connectivity index (χ4v) is 2.45. The van der Waals surface area contributed by atoms with Crippen LogP contribution in [0.4, 0.5) is 0 Å². The predicted octanol–water partition coefficient (Wildman–Crippen LogP) is 4.41. The van der Waals surface area contributed by atoms with Crippen molar-refractivity contribution in [3.63, 3.8) is 0 Å². The molecular formula is C16H20. The summed E-state index contributed by atoms with van der Waals surface area (Å²) < 4.78 is 0. The van der Waals surface area contributed by atoms with Gasteiger partial charge in [0, 0.05) is 5.41 Å². The number of hydrogen-bond acceptors (Lipinski definition) is 0. The molecule has 1 unspecified atom stereocenters. The van der Waals surface area contributed by atoms with E-state index in [0.717, 1.165) is 12.8 Å². The topological polar surface area (TPSA) is 0 Å². The Balaban J connectivity index is 2.40. The average Bonchev–Trinajstić information content (AvgIpc) is 2.39. The second kappa shape index (κ2) is 4.69. The van der Waals surface area contributed by atoms with Crippen molar-refractivity contribution in [2.75, 3.05) is 0 Å². The van der Waals surface area contributed by atoms with E-state index in [9.17, 15) is 0 Å². The van der Waals surface area contributed by atoms with Crippen molar-refractivity contribution in [3.8, 4) is 0 Å². The molecule has 0 amide bonds. The smallest absolute Gasteiger partial charge is 0.0167 e. The first kappa shape index (κ1) is 11.2. The summed E-state index contributed by atoms with van der Waals surface area (Å²) in [7, 11) is 0. The van der Waals surface area contributed by atoms with Crippen LogP contribution in [-0.4, -0.2) is 0 Å². The standard InChI is InChI=1S/C16H20/c1-3-14-9-8-10-15(13-14)16(4-2)11-6-5-7-12-16/h5-11,13H,3-4,12H2,1-2H3. The zero-order valence-electron chi connectivity index (χ0n) is 10.2. The molecule has 0 saturated carbocycles. The van der Waals surface area contributed by atoms with Gasteiger partial charge in [0.15, 0.2) is 0 Å². The van der Waals surface area contributed by atoms with Crippen LogP contribution < -0.4 is 0 Å². The molecule has 1 aliphatic rings. The van der Waals surface area contributed by atoms with Gasteiger partial charge in [-0.25, -0.2) is 0 Å². The normalized spacial score (nSPS) is 23.6. The van der Waals surface area contributed by atoms with E-state index in [1.165, 1.54) is 17.5 Å². The molecule has 0 N–H and O–H groups in total. The van der Waals surface area contributed by atoms with E-state index in [2.05, 4.69) is 62.4 Å². The van der Waals surface area contributed by atoms with Gasteiger partial charge in [0.05, 0.1) is 0 Å². The zero-order chi connectivity index (χ0) is 11.4. The van der Waals surface area contributed by atoms with Crippen molar-refractivity contribution in [2.24, 2.45) is 0 Å². The Kier molecular flexibility index (Phi) is 3.28. The first-order chi connectivity index (χ1) is 7.80. The van der Waals surface area contributed by atoms with Crippen LogP contribution in [-0.2, 0) is 11.8 Å². The van der Waals surface area contributed by atoms with Gasteiger partial charge < -0.3 is 0 Å². The number of aryl methyl sites for hydroxylation is 1. The Morgan fingerprint density at radius 1 is 1.19 bits per heavy atom. The zero-order valence-corrected chi connectivity index (χ0v) is 10.2. The maximum Gasteiger partial charge on any atom is 0.0167 e. The fourth-order valence-electron chi connectivity index (χ4n) is 2.45. The van der Waals surface area contributed by atoms with E-state index in [1.54, 1.807) is 0 Å². The van der Waals surface area contributed by atoms with E-state index in [-0.39, 0.29) is 5.41 Å². The van der Waals surface area contributed by atoms with Crippen LogP contribution in [0.3, 0.4) is 0 Å². The van der Waals surface area contributed by atoms with E-state index < -0.39 is 0 Å². The molecular weight excluding hydrogens is 192 g/mol. The molecule has 1 aliphatic carbocycles. The molecule has 0 nitrogen and oxygen atoms in total. The molecule has 0 heteroatoms. The molecule has 1 aromatic rings. The molecule has 0 aromatic heterocycles. The first-order valence-corrected chi connectivity index (χ1v) is 6.24. The first-order valence-electron chi connectivity index (χ1n) is 6.24. The van der Waals surface area contributed by atoms with E-state index in [1.807, 2.05) is 0 Å². The molecule has 84 valence electrons. The third-order valence-electron chi connectivity index (χ3n) is 3.69. The summed E-state index contributed by atoms with van der Waals surface area (Å²) in [6, 6.07) is 9.05. The molecule has 0 aliphatic heterocycles. The van der Waals surface area contributed by atoms with Crippen LogP contribution in [0.5, 0.6) is 0 Å². The monoisotopic (exact) mass is 212 g/mol. The van der Waals surface area contributed by atoms with Gasteiger partial charge in [0.2, 0.25) is 0 Å². The van der Waals surface area contributed by atoms with Crippen LogP contribution in [0.2, 0.25) is 0 Å². The summed E-state index contributed by atoms with van der Waals surface area (Å²) in [5.74, 6) is 0. The lowest BCUT2D eigenvalue weighted by Gasteiger charge is -2.31. The summed E-state index contributed by atoms with van der Waals surface area (Å²) in [5, 5.41) is 0. The molecule has 0 bridgehead atoms. The number of benzene rings is 1. The summed E-state index contributed by atoms with van der Waals surface area (Å²) >= 11 is 0. The summed E-state index contributed by atoms with van der Waals surface area (Å²) in [6.07, 6.45) is 12.4. The van der Waals surface area contributed by atoms with Crippen LogP contribution in [0.25, 0.3) is 0 Å². The molecule has 0 fully saturated rings. The Hall–Kier alpha value is -1.30. The molecule has 0 heterocycles. The van der Waals surface area contributed by atoms with Crippen molar-refractivity contribution in [2.45, 2.75) is 38.5 Å². The minimum Gasteiger partial charge on any atom is -0.0833 e. The molecule has 0 saturated heterocycles. The van der Waals surface area contributed by atoms with Crippen molar-refractivity contribution >= 4 is 0 Å². The van der Waals surface area contributed by atoms with Crippen LogP contribution >= 0.6 is 0 Å². The van der Waals surface area contributed by atoms with Gasteiger partial charge >= 0.3 is 0 Å². The van der Waals surface area contributed by atoms with Crippen LogP contribution in [0.1, 0.15) is 37.8 Å². The fraction of sp³-hybridized carbons (Fsp3) is 0.375. The maximum atomic E-state index is 2.37. The van der Waals surface area contributed by atoms with Gasteiger partial charge in [-0.1, -0.05) is 62.4 Å². The highest BCUT2D eigenvalue weighted by molar-refractivity contribution is 5.37. The molecule has 16 heavy (non-hydrogen) atoms. The van der Waals surface area contributed by atoms with Crippen molar-refractivity contribution in [1.29, 1.82) is 0 Å². The van der Waals surface area contributed by atoms with E-state index in [4.69, 9.17) is 0 Å². The lowest BCUT2D eigenvalue weighted by Crippen LogP contribution is -2.23. The Morgan fingerprint density at radius 3 is 2.69 bits per heavy atom. The highest BCUT2D eigenvalue weighted by atomic mass is 14.3. The van der Waals surface area contributed by atoms with Crippen molar-refractivity contribution in [3.05, 3.63) is 59.7 Å². The summed E-state index contributed by atoms with van der Waals surface area (Å²) in [4.78, 5) is 0. The average molecular weight is 212 g/mol. The van der Waals surface area contributed by atoms with Gasteiger partial charge in [-0.3, -0.25) is 0 Å². The maximum absolute atomic E-state index is 2.37. The number of rotatable bonds is 3. The molecule has 0 radical (unpaired) electrons.